The molecular formula is C25H30FNO7. The van der Waals surface area contributed by atoms with Crippen LogP contribution in [0.3, 0.4) is 0 Å². The first-order valence-electron chi connectivity index (χ1n) is 11.3. The van der Waals surface area contributed by atoms with Crippen molar-refractivity contribution in [1.29, 1.82) is 0 Å². The number of hydrogen-bond donors (Lipinski definition) is 4. The Balaban J connectivity index is 1.60. The fraction of sp³-hybridized carbons (Fsp3) is 0.480. The van der Waals surface area contributed by atoms with E-state index in [0.717, 1.165) is 5.56 Å². The van der Waals surface area contributed by atoms with E-state index in [2.05, 4.69) is 5.32 Å². The molecule has 2 aromatic rings. The summed E-state index contributed by atoms with van der Waals surface area (Å²) in [7, 11) is 1.42. The van der Waals surface area contributed by atoms with Crippen LogP contribution >= 0.6 is 0 Å². The lowest BCUT2D eigenvalue weighted by Gasteiger charge is -2.43. The molecule has 1 saturated carbocycles. The number of ether oxygens (including phenoxy) is 3. The first-order valence-corrected chi connectivity index (χ1v) is 11.3. The zero-order valence-corrected chi connectivity index (χ0v) is 19.1. The normalized spacial score (nSPS) is 30.2. The summed E-state index contributed by atoms with van der Waals surface area (Å²) >= 11 is 0. The number of hydrogen-bond acceptors (Lipinski definition) is 7. The first kappa shape index (κ1) is 24.6. The Morgan fingerprint density at radius 3 is 2.68 bits per heavy atom. The summed E-state index contributed by atoms with van der Waals surface area (Å²) in [6.07, 6.45) is -3.64. The van der Waals surface area contributed by atoms with Crippen LogP contribution in [0.25, 0.3) is 11.1 Å². The summed E-state index contributed by atoms with van der Waals surface area (Å²) in [6.45, 7) is 1.72. The molecule has 9 heteroatoms. The third kappa shape index (κ3) is 4.80. The molecule has 34 heavy (non-hydrogen) atoms. The fourth-order valence-corrected chi connectivity index (χ4v) is 4.73. The van der Waals surface area contributed by atoms with Crippen molar-refractivity contribution in [2.45, 2.75) is 50.0 Å². The zero-order valence-electron chi connectivity index (χ0n) is 19.1. The van der Waals surface area contributed by atoms with E-state index in [1.165, 1.54) is 26.2 Å². The molecule has 4 N–H and O–H groups in total. The minimum absolute atomic E-state index is 0.137. The molecule has 2 fully saturated rings. The Bertz CT molecular complexity index is 1030. The predicted molar refractivity (Wildman–Crippen MR) is 120 cm³/mol. The van der Waals surface area contributed by atoms with E-state index in [0.29, 0.717) is 36.3 Å². The highest BCUT2D eigenvalue weighted by Crippen LogP contribution is 2.54. The van der Waals surface area contributed by atoms with Gasteiger partial charge in [0.15, 0.2) is 0 Å². The molecule has 1 aliphatic heterocycles. The smallest absolute Gasteiger partial charge is 0.229 e. The van der Waals surface area contributed by atoms with Crippen LogP contribution in [0.5, 0.6) is 5.75 Å². The SMILES string of the molecule is CO[C@@H]1[C@@H](O)[C@@H](O)[C@@H](Oc2ccc(CCNC(C)=O)c(-c3cccc(F)c3)c2)OC12CC2CO. The highest BCUT2D eigenvalue weighted by atomic mass is 19.1. The number of halogens is 1. The van der Waals surface area contributed by atoms with Crippen molar-refractivity contribution in [3.63, 3.8) is 0 Å². The molecule has 1 amide bonds. The topological polar surface area (TPSA) is 117 Å². The van der Waals surface area contributed by atoms with Gasteiger partial charge in [-0.15, -0.1) is 0 Å². The van der Waals surface area contributed by atoms with E-state index in [1.54, 1.807) is 24.3 Å². The number of benzene rings is 2. The van der Waals surface area contributed by atoms with Crippen molar-refractivity contribution in [3.05, 3.63) is 53.8 Å². The summed E-state index contributed by atoms with van der Waals surface area (Å²) in [5.41, 5.74) is 1.27. The number of nitrogens with one attached hydrogen (secondary N) is 1. The van der Waals surface area contributed by atoms with E-state index in [9.17, 15) is 24.5 Å². The van der Waals surface area contributed by atoms with Gasteiger partial charge in [-0.3, -0.25) is 4.79 Å². The first-order chi connectivity index (χ1) is 16.3. The van der Waals surface area contributed by atoms with Crippen molar-refractivity contribution in [2.75, 3.05) is 20.3 Å². The van der Waals surface area contributed by atoms with Gasteiger partial charge in [-0.1, -0.05) is 18.2 Å². The molecule has 2 aromatic carbocycles. The van der Waals surface area contributed by atoms with Crippen molar-refractivity contribution in [1.82, 2.24) is 5.32 Å². The lowest BCUT2D eigenvalue weighted by atomic mass is 9.95. The van der Waals surface area contributed by atoms with Gasteiger partial charge in [0.2, 0.25) is 12.2 Å². The number of aliphatic hydroxyl groups is 3. The number of aliphatic hydroxyl groups excluding tert-OH is 3. The van der Waals surface area contributed by atoms with Gasteiger partial charge in [0.1, 0.15) is 35.5 Å². The second-order valence-corrected chi connectivity index (χ2v) is 8.84. The Morgan fingerprint density at radius 2 is 2.03 bits per heavy atom. The summed E-state index contributed by atoms with van der Waals surface area (Å²) in [4.78, 5) is 11.3. The summed E-state index contributed by atoms with van der Waals surface area (Å²) in [5, 5.41) is 33.6. The fourth-order valence-electron chi connectivity index (χ4n) is 4.73. The quantitative estimate of drug-likeness (QED) is 0.456. The second kappa shape index (κ2) is 9.97. The van der Waals surface area contributed by atoms with Crippen LogP contribution in [0.1, 0.15) is 18.9 Å². The molecule has 0 bridgehead atoms. The lowest BCUT2D eigenvalue weighted by molar-refractivity contribution is -0.291. The number of rotatable bonds is 8. The van der Waals surface area contributed by atoms with Crippen LogP contribution in [0.2, 0.25) is 0 Å². The van der Waals surface area contributed by atoms with E-state index in [1.807, 2.05) is 6.07 Å². The van der Waals surface area contributed by atoms with Crippen molar-refractivity contribution in [3.8, 4) is 16.9 Å². The van der Waals surface area contributed by atoms with E-state index in [4.69, 9.17) is 14.2 Å². The number of carbonyl (C=O) groups is 1. The van der Waals surface area contributed by atoms with Gasteiger partial charge in [0.25, 0.3) is 0 Å². The highest BCUT2D eigenvalue weighted by Gasteiger charge is 2.68. The predicted octanol–water partition coefficient (Wildman–Crippen LogP) is 1.39. The average molecular weight is 476 g/mol. The molecule has 184 valence electrons. The Labute approximate surface area is 197 Å². The summed E-state index contributed by atoms with van der Waals surface area (Å²) < 4.78 is 31.3. The molecule has 2 unspecified atom stereocenters. The average Bonchev–Trinajstić information content (AvgIpc) is 3.51. The monoisotopic (exact) mass is 475 g/mol. The van der Waals surface area contributed by atoms with E-state index >= 15 is 0 Å². The van der Waals surface area contributed by atoms with E-state index < -0.39 is 30.2 Å². The van der Waals surface area contributed by atoms with Gasteiger partial charge < -0.3 is 34.8 Å². The van der Waals surface area contributed by atoms with Gasteiger partial charge >= 0.3 is 0 Å². The molecule has 8 nitrogen and oxygen atoms in total. The zero-order chi connectivity index (χ0) is 24.5. The van der Waals surface area contributed by atoms with Crippen molar-refractivity contribution in [2.24, 2.45) is 5.92 Å². The molecule has 6 atom stereocenters. The van der Waals surface area contributed by atoms with Crippen LogP contribution in [0.4, 0.5) is 4.39 Å². The molecule has 0 aromatic heterocycles. The van der Waals surface area contributed by atoms with E-state index in [-0.39, 0.29) is 24.2 Å². The maximum Gasteiger partial charge on any atom is 0.229 e. The third-order valence-corrected chi connectivity index (χ3v) is 6.56. The molecular weight excluding hydrogens is 445 g/mol. The summed E-state index contributed by atoms with van der Waals surface area (Å²) in [6, 6.07) is 11.4. The van der Waals surface area contributed by atoms with Crippen LogP contribution < -0.4 is 10.1 Å². The Kier molecular flexibility index (Phi) is 7.20. The van der Waals surface area contributed by atoms with Crippen LogP contribution in [0, 0.1) is 11.7 Å². The third-order valence-electron chi connectivity index (χ3n) is 6.56. The molecule has 1 saturated heterocycles. The van der Waals surface area contributed by atoms with Crippen LogP contribution in [0.15, 0.2) is 42.5 Å². The largest absolute Gasteiger partial charge is 0.462 e. The Morgan fingerprint density at radius 1 is 1.24 bits per heavy atom. The summed E-state index contributed by atoms with van der Waals surface area (Å²) in [5.74, 6) is -0.406. The molecule has 2 aliphatic rings. The molecule has 0 radical (unpaired) electrons. The van der Waals surface area contributed by atoms with Gasteiger partial charge in [-0.05, 0) is 53.8 Å². The lowest BCUT2D eigenvalue weighted by Crippen LogP contribution is -2.61. The minimum Gasteiger partial charge on any atom is -0.462 e. The maximum atomic E-state index is 13.9. The van der Waals surface area contributed by atoms with Gasteiger partial charge in [-0.2, -0.15) is 0 Å². The maximum absolute atomic E-state index is 13.9. The van der Waals surface area contributed by atoms with Gasteiger partial charge in [-0.25, -0.2) is 4.39 Å². The Hall–Kier alpha value is -2.56. The number of methoxy groups -OCH3 is 1. The molecule has 4 rings (SSSR count). The second-order valence-electron chi connectivity index (χ2n) is 8.84. The number of carbonyl (C=O) groups excluding carboxylic acids is 1. The van der Waals surface area contributed by atoms with Crippen LogP contribution in [-0.4, -0.2) is 71.7 Å². The van der Waals surface area contributed by atoms with Crippen molar-refractivity contribution >= 4 is 5.91 Å². The molecule has 1 heterocycles. The van der Waals surface area contributed by atoms with Crippen LogP contribution in [-0.2, 0) is 20.7 Å². The standard InChI is InChI=1S/C25H30FNO7/c1-14(29)27-9-8-15-6-7-19(11-20(15)16-4-3-5-18(26)10-16)33-24-22(31)21(30)23(32-2)25(34-24)12-17(25)13-28/h3-7,10-11,17,21-24,28,30-31H,8-9,12-13H2,1-2H3,(H,27,29)/t17?,21-,22+,23+,24-,25?/m0/s1. The minimum atomic E-state index is -1.38. The molecule has 1 aliphatic carbocycles. The molecule has 1 spiro atoms. The van der Waals surface area contributed by atoms with Crippen molar-refractivity contribution < 1.29 is 38.7 Å². The number of amides is 1. The van der Waals surface area contributed by atoms with Gasteiger partial charge in [0, 0.05) is 33.1 Å². The highest BCUT2D eigenvalue weighted by molar-refractivity contribution is 5.73. The van der Waals surface area contributed by atoms with Gasteiger partial charge in [0.05, 0.1) is 0 Å².